The number of anilines is 1. The molecular weight excluding hydrogens is 380 g/mol. The van der Waals surface area contributed by atoms with E-state index in [-0.39, 0.29) is 6.04 Å². The van der Waals surface area contributed by atoms with Crippen molar-refractivity contribution < 1.29 is 8.42 Å². The van der Waals surface area contributed by atoms with Crippen LogP contribution in [-0.4, -0.2) is 22.0 Å². The van der Waals surface area contributed by atoms with Crippen LogP contribution in [0.3, 0.4) is 0 Å². The van der Waals surface area contributed by atoms with E-state index in [0.717, 1.165) is 35.3 Å². The van der Waals surface area contributed by atoms with Crippen molar-refractivity contribution in [2.24, 2.45) is 0 Å². The molecular formula is C24H34N2O2S. The van der Waals surface area contributed by atoms with E-state index < -0.39 is 10.0 Å². The van der Waals surface area contributed by atoms with E-state index in [9.17, 15) is 8.42 Å². The number of para-hydroxylation sites is 1. The molecule has 158 valence electrons. The Hall–Kier alpha value is -1.85. The minimum absolute atomic E-state index is 0.124. The largest absolute Gasteiger partial charge is 0.306 e. The highest BCUT2D eigenvalue weighted by atomic mass is 32.2. The molecule has 0 spiro atoms. The summed E-state index contributed by atoms with van der Waals surface area (Å²) in [6.07, 6.45) is 8.84. The number of sulfonamides is 1. The van der Waals surface area contributed by atoms with Gasteiger partial charge in [0.1, 0.15) is 0 Å². The predicted molar refractivity (Wildman–Crippen MR) is 121 cm³/mol. The van der Waals surface area contributed by atoms with Crippen molar-refractivity contribution in [1.29, 1.82) is 0 Å². The zero-order valence-corrected chi connectivity index (χ0v) is 18.8. The highest BCUT2D eigenvalue weighted by Gasteiger charge is 2.34. The first-order chi connectivity index (χ1) is 14.0. The molecule has 0 saturated carbocycles. The molecule has 0 saturated heterocycles. The van der Waals surface area contributed by atoms with Gasteiger partial charge in [-0.3, -0.25) is 4.31 Å². The first-order valence-corrected chi connectivity index (χ1v) is 12.3. The third-order valence-electron chi connectivity index (χ3n) is 5.83. The monoisotopic (exact) mass is 414 g/mol. The molecule has 0 aliphatic carbocycles. The van der Waals surface area contributed by atoms with Gasteiger partial charge in [0.15, 0.2) is 0 Å². The van der Waals surface area contributed by atoms with Gasteiger partial charge in [-0.15, -0.1) is 0 Å². The summed E-state index contributed by atoms with van der Waals surface area (Å²) in [5, 5.41) is 3.66. The summed E-state index contributed by atoms with van der Waals surface area (Å²) in [4.78, 5) is 0.410. The van der Waals surface area contributed by atoms with E-state index >= 15 is 0 Å². The van der Waals surface area contributed by atoms with Crippen LogP contribution >= 0.6 is 0 Å². The zero-order chi connectivity index (χ0) is 20.9. The maximum Gasteiger partial charge on any atom is 0.264 e. The summed E-state index contributed by atoms with van der Waals surface area (Å²) in [6.45, 7) is 5.06. The third kappa shape index (κ3) is 4.84. The topological polar surface area (TPSA) is 49.4 Å². The number of benzene rings is 2. The van der Waals surface area contributed by atoms with Gasteiger partial charge in [-0.05, 0) is 48.7 Å². The highest BCUT2D eigenvalue weighted by Crippen LogP contribution is 2.40. The summed E-state index contributed by atoms with van der Waals surface area (Å²) in [5.41, 5.74) is 3.57. The molecule has 4 nitrogen and oxygen atoms in total. The van der Waals surface area contributed by atoms with Crippen LogP contribution in [0.5, 0.6) is 0 Å². The molecule has 29 heavy (non-hydrogen) atoms. The number of aryl methyl sites for hydroxylation is 1. The number of fused-ring (bicyclic) bond motifs is 2. The Morgan fingerprint density at radius 2 is 1.62 bits per heavy atom. The number of nitrogens with one attached hydrogen (secondary N) is 1. The molecule has 1 atom stereocenters. The molecule has 0 fully saturated rings. The number of unbranched alkanes of at least 4 members (excludes halogenated alkanes) is 6. The van der Waals surface area contributed by atoms with E-state index in [1.807, 2.05) is 43.3 Å². The fourth-order valence-electron chi connectivity index (χ4n) is 4.11. The standard InChI is InChI=1S/C24H34N2O2S/c1-4-5-6-7-8-9-12-17-25-24-20-13-10-11-14-22(20)26(3)29(27,28)23-18-19(2)15-16-21(23)24/h10-11,13-16,18,24-25H,4-9,12,17H2,1-3H3. The second-order valence-corrected chi connectivity index (χ2v) is 10.0. The van der Waals surface area contributed by atoms with Crippen molar-refractivity contribution >= 4 is 15.7 Å². The molecule has 1 aliphatic heterocycles. The maximum absolute atomic E-state index is 13.3. The van der Waals surface area contributed by atoms with Crippen molar-refractivity contribution in [2.45, 2.75) is 69.7 Å². The Labute approximate surface area is 176 Å². The van der Waals surface area contributed by atoms with E-state index in [0.29, 0.717) is 4.90 Å². The lowest BCUT2D eigenvalue weighted by Crippen LogP contribution is -2.26. The molecule has 3 rings (SSSR count). The summed E-state index contributed by atoms with van der Waals surface area (Å²) in [6, 6.07) is 13.5. The van der Waals surface area contributed by atoms with Gasteiger partial charge in [0.2, 0.25) is 0 Å². The number of rotatable bonds is 9. The molecule has 1 heterocycles. The molecule has 0 amide bonds. The van der Waals surface area contributed by atoms with Crippen molar-refractivity contribution in [2.75, 3.05) is 17.9 Å². The Morgan fingerprint density at radius 3 is 2.38 bits per heavy atom. The summed E-state index contributed by atoms with van der Waals surface area (Å²) >= 11 is 0. The lowest BCUT2D eigenvalue weighted by atomic mass is 9.96. The van der Waals surface area contributed by atoms with Gasteiger partial charge >= 0.3 is 0 Å². The second kappa shape index (κ2) is 9.77. The average Bonchev–Trinajstić information content (AvgIpc) is 2.78. The van der Waals surface area contributed by atoms with Gasteiger partial charge in [-0.1, -0.05) is 75.8 Å². The molecule has 0 aromatic heterocycles. The number of nitrogens with zero attached hydrogens (tertiary/aromatic N) is 1. The zero-order valence-electron chi connectivity index (χ0n) is 17.9. The first-order valence-electron chi connectivity index (χ1n) is 10.9. The smallest absolute Gasteiger partial charge is 0.264 e. The molecule has 1 aliphatic rings. The Bertz CT molecular complexity index is 924. The Morgan fingerprint density at radius 1 is 0.931 bits per heavy atom. The minimum Gasteiger partial charge on any atom is -0.306 e. The molecule has 0 bridgehead atoms. The summed E-state index contributed by atoms with van der Waals surface area (Å²) in [7, 11) is -1.93. The molecule has 1 N–H and O–H groups in total. The summed E-state index contributed by atoms with van der Waals surface area (Å²) < 4.78 is 28.0. The molecule has 0 radical (unpaired) electrons. The van der Waals surface area contributed by atoms with Crippen molar-refractivity contribution in [3.05, 3.63) is 59.2 Å². The van der Waals surface area contributed by atoms with Gasteiger partial charge < -0.3 is 5.32 Å². The van der Waals surface area contributed by atoms with Crippen LogP contribution in [0.4, 0.5) is 5.69 Å². The predicted octanol–water partition coefficient (Wildman–Crippen LogP) is 5.56. The van der Waals surface area contributed by atoms with Crippen LogP contribution in [0, 0.1) is 6.92 Å². The Kier molecular flexibility index (Phi) is 7.36. The lowest BCUT2D eigenvalue weighted by Gasteiger charge is -2.22. The summed E-state index contributed by atoms with van der Waals surface area (Å²) in [5.74, 6) is 0. The van der Waals surface area contributed by atoms with Gasteiger partial charge in [-0.2, -0.15) is 0 Å². The van der Waals surface area contributed by atoms with E-state index in [4.69, 9.17) is 0 Å². The lowest BCUT2D eigenvalue weighted by molar-refractivity contribution is 0.535. The van der Waals surface area contributed by atoms with Crippen LogP contribution in [0.1, 0.15) is 74.6 Å². The van der Waals surface area contributed by atoms with Crippen LogP contribution < -0.4 is 9.62 Å². The molecule has 5 heteroatoms. The highest BCUT2D eigenvalue weighted by molar-refractivity contribution is 7.92. The Balaban J connectivity index is 1.82. The van der Waals surface area contributed by atoms with E-state index in [1.54, 1.807) is 13.1 Å². The van der Waals surface area contributed by atoms with Gasteiger partial charge in [0.05, 0.1) is 16.6 Å². The SMILES string of the molecule is CCCCCCCCCNC1c2ccccc2N(C)S(=O)(=O)c2cc(C)ccc21. The fourth-order valence-corrected chi connectivity index (χ4v) is 5.65. The van der Waals surface area contributed by atoms with Gasteiger partial charge in [-0.25, -0.2) is 8.42 Å². The van der Waals surface area contributed by atoms with Crippen molar-refractivity contribution in [3.8, 4) is 0 Å². The molecule has 2 aromatic rings. The molecule has 2 aromatic carbocycles. The number of hydrogen-bond donors (Lipinski definition) is 1. The van der Waals surface area contributed by atoms with Crippen LogP contribution in [0.2, 0.25) is 0 Å². The van der Waals surface area contributed by atoms with E-state index in [2.05, 4.69) is 12.2 Å². The van der Waals surface area contributed by atoms with Crippen molar-refractivity contribution in [1.82, 2.24) is 5.32 Å². The number of hydrogen-bond acceptors (Lipinski definition) is 3. The van der Waals surface area contributed by atoms with E-state index in [1.165, 1.54) is 42.8 Å². The third-order valence-corrected chi connectivity index (χ3v) is 7.66. The van der Waals surface area contributed by atoms with Crippen LogP contribution in [0.25, 0.3) is 0 Å². The molecule has 1 unspecified atom stereocenters. The maximum atomic E-state index is 13.3. The van der Waals surface area contributed by atoms with Crippen molar-refractivity contribution in [3.63, 3.8) is 0 Å². The van der Waals surface area contributed by atoms with Gasteiger partial charge in [0.25, 0.3) is 10.0 Å². The van der Waals surface area contributed by atoms with Gasteiger partial charge in [0, 0.05) is 7.05 Å². The minimum atomic E-state index is -3.58. The van der Waals surface area contributed by atoms with Crippen LogP contribution in [0.15, 0.2) is 47.4 Å². The fraction of sp³-hybridized carbons (Fsp3) is 0.500. The first kappa shape index (κ1) is 21.8. The quantitative estimate of drug-likeness (QED) is 0.546. The normalized spacial score (nSPS) is 17.5. The second-order valence-electron chi connectivity index (χ2n) is 8.08. The average molecular weight is 415 g/mol. The van der Waals surface area contributed by atoms with Crippen LogP contribution in [-0.2, 0) is 10.0 Å².